The highest BCUT2D eigenvalue weighted by Gasteiger charge is 2.49. The average molecular weight is 191 g/mol. The molecule has 0 radical (unpaired) electrons. The van der Waals surface area contributed by atoms with Crippen LogP contribution in [0, 0.1) is 0 Å². The Labute approximate surface area is 85.0 Å². The van der Waals surface area contributed by atoms with Gasteiger partial charge in [0.25, 0.3) is 0 Å². The summed E-state index contributed by atoms with van der Waals surface area (Å²) in [6.45, 7) is 0.675. The van der Waals surface area contributed by atoms with E-state index >= 15 is 0 Å². The molecule has 1 atom stereocenters. The molecule has 2 rings (SSSR count). The lowest BCUT2D eigenvalue weighted by Gasteiger charge is -2.22. The van der Waals surface area contributed by atoms with Gasteiger partial charge in [0.1, 0.15) is 0 Å². The van der Waals surface area contributed by atoms with Crippen molar-refractivity contribution in [1.29, 1.82) is 0 Å². The summed E-state index contributed by atoms with van der Waals surface area (Å²) >= 11 is 0. The van der Waals surface area contributed by atoms with Gasteiger partial charge in [-0.2, -0.15) is 0 Å². The highest BCUT2D eigenvalue weighted by molar-refractivity contribution is 5.33. The number of benzene rings is 1. The van der Waals surface area contributed by atoms with Gasteiger partial charge in [-0.05, 0) is 25.5 Å². The summed E-state index contributed by atoms with van der Waals surface area (Å²) in [4.78, 5) is 0. The van der Waals surface area contributed by atoms with Crippen LogP contribution in [-0.4, -0.2) is 24.8 Å². The van der Waals surface area contributed by atoms with E-state index in [-0.39, 0.29) is 11.5 Å². The van der Waals surface area contributed by atoms with Gasteiger partial charge < -0.3 is 10.4 Å². The van der Waals surface area contributed by atoms with Gasteiger partial charge in [0, 0.05) is 12.0 Å². The summed E-state index contributed by atoms with van der Waals surface area (Å²) in [5, 5.41) is 13.1. The van der Waals surface area contributed by atoms with Crippen LogP contribution in [0.2, 0.25) is 0 Å². The first kappa shape index (κ1) is 9.69. The Kier molecular flexibility index (Phi) is 2.57. The van der Waals surface area contributed by atoms with Crippen molar-refractivity contribution in [3.8, 4) is 0 Å². The highest BCUT2D eigenvalue weighted by Crippen LogP contribution is 2.50. The SMILES string of the molecule is CNCC(O)C1(c2ccccc2)CC1. The molecule has 0 aromatic heterocycles. The fraction of sp³-hybridized carbons (Fsp3) is 0.500. The smallest absolute Gasteiger partial charge is 0.0760 e. The predicted octanol–water partition coefficient (Wildman–Crippen LogP) is 1.30. The van der Waals surface area contributed by atoms with E-state index in [1.165, 1.54) is 5.56 Å². The Morgan fingerprint density at radius 2 is 2.00 bits per heavy atom. The first-order chi connectivity index (χ1) is 6.79. The molecule has 1 aliphatic carbocycles. The summed E-state index contributed by atoms with van der Waals surface area (Å²) < 4.78 is 0. The molecule has 2 nitrogen and oxygen atoms in total. The van der Waals surface area contributed by atoms with E-state index in [2.05, 4.69) is 17.4 Å². The van der Waals surface area contributed by atoms with Crippen LogP contribution in [0.4, 0.5) is 0 Å². The Hall–Kier alpha value is -0.860. The molecule has 76 valence electrons. The standard InChI is InChI=1S/C12H17NO/c1-13-9-11(14)12(7-8-12)10-5-3-2-4-6-10/h2-6,11,13-14H,7-9H2,1H3. The molecule has 14 heavy (non-hydrogen) atoms. The molecule has 1 aromatic carbocycles. The van der Waals surface area contributed by atoms with Gasteiger partial charge in [-0.1, -0.05) is 30.3 Å². The monoisotopic (exact) mass is 191 g/mol. The van der Waals surface area contributed by atoms with Crippen molar-refractivity contribution in [1.82, 2.24) is 5.32 Å². The maximum Gasteiger partial charge on any atom is 0.0760 e. The van der Waals surface area contributed by atoms with E-state index in [4.69, 9.17) is 0 Å². The number of aliphatic hydroxyl groups excluding tert-OH is 1. The number of nitrogens with one attached hydrogen (secondary N) is 1. The van der Waals surface area contributed by atoms with Crippen molar-refractivity contribution in [2.24, 2.45) is 0 Å². The molecule has 0 saturated heterocycles. The van der Waals surface area contributed by atoms with Crippen molar-refractivity contribution in [3.63, 3.8) is 0 Å². The Balaban J connectivity index is 2.17. The third kappa shape index (κ3) is 1.56. The second kappa shape index (κ2) is 3.71. The summed E-state index contributed by atoms with van der Waals surface area (Å²) in [6, 6.07) is 10.3. The third-order valence-electron chi connectivity index (χ3n) is 3.17. The Morgan fingerprint density at radius 1 is 1.36 bits per heavy atom. The lowest BCUT2D eigenvalue weighted by molar-refractivity contribution is 0.132. The molecular formula is C12H17NO. The van der Waals surface area contributed by atoms with Gasteiger partial charge in [-0.3, -0.25) is 0 Å². The van der Waals surface area contributed by atoms with Crippen LogP contribution < -0.4 is 5.32 Å². The second-order valence-corrected chi connectivity index (χ2v) is 4.10. The van der Waals surface area contributed by atoms with Gasteiger partial charge >= 0.3 is 0 Å². The van der Waals surface area contributed by atoms with Crippen LogP contribution in [-0.2, 0) is 5.41 Å². The van der Waals surface area contributed by atoms with Crippen LogP contribution in [0.5, 0.6) is 0 Å². The number of hydrogen-bond donors (Lipinski definition) is 2. The van der Waals surface area contributed by atoms with Crippen LogP contribution in [0.3, 0.4) is 0 Å². The molecule has 1 aliphatic rings. The zero-order valence-electron chi connectivity index (χ0n) is 8.53. The van der Waals surface area contributed by atoms with Crippen LogP contribution in [0.1, 0.15) is 18.4 Å². The minimum atomic E-state index is -0.255. The largest absolute Gasteiger partial charge is 0.391 e. The quantitative estimate of drug-likeness (QED) is 0.752. The maximum atomic E-state index is 10.0. The lowest BCUT2D eigenvalue weighted by atomic mass is 9.90. The molecule has 1 fully saturated rings. The lowest BCUT2D eigenvalue weighted by Crippen LogP contribution is -2.34. The first-order valence-corrected chi connectivity index (χ1v) is 5.18. The highest BCUT2D eigenvalue weighted by atomic mass is 16.3. The number of aliphatic hydroxyl groups is 1. The normalized spacial score (nSPS) is 20.4. The topological polar surface area (TPSA) is 32.3 Å². The van der Waals surface area contributed by atoms with Crippen molar-refractivity contribution in [2.75, 3.05) is 13.6 Å². The average Bonchev–Trinajstić information content (AvgIpc) is 3.00. The fourth-order valence-corrected chi connectivity index (χ4v) is 2.11. The molecule has 0 heterocycles. The van der Waals surface area contributed by atoms with Crippen molar-refractivity contribution in [2.45, 2.75) is 24.4 Å². The first-order valence-electron chi connectivity index (χ1n) is 5.18. The Bertz CT molecular complexity index is 292. The number of likely N-dealkylation sites (N-methyl/N-ethyl adjacent to an activating group) is 1. The van der Waals surface area contributed by atoms with Crippen LogP contribution in [0.15, 0.2) is 30.3 Å². The number of hydrogen-bond acceptors (Lipinski definition) is 2. The minimum absolute atomic E-state index is 0.0459. The second-order valence-electron chi connectivity index (χ2n) is 4.10. The molecule has 0 spiro atoms. The van der Waals surface area contributed by atoms with E-state index < -0.39 is 0 Å². The third-order valence-corrected chi connectivity index (χ3v) is 3.17. The van der Waals surface area contributed by atoms with E-state index in [0.29, 0.717) is 6.54 Å². The Morgan fingerprint density at radius 3 is 2.50 bits per heavy atom. The summed E-state index contributed by atoms with van der Waals surface area (Å²) in [6.07, 6.45) is 1.97. The number of rotatable bonds is 4. The molecule has 2 N–H and O–H groups in total. The molecule has 2 heteroatoms. The van der Waals surface area contributed by atoms with Gasteiger partial charge in [-0.25, -0.2) is 0 Å². The molecule has 1 aromatic rings. The zero-order valence-corrected chi connectivity index (χ0v) is 8.53. The van der Waals surface area contributed by atoms with Crippen LogP contribution >= 0.6 is 0 Å². The minimum Gasteiger partial charge on any atom is -0.391 e. The summed E-state index contributed by atoms with van der Waals surface area (Å²) in [5.41, 5.74) is 1.33. The van der Waals surface area contributed by atoms with E-state index in [9.17, 15) is 5.11 Å². The molecule has 1 saturated carbocycles. The molecule has 0 bridgehead atoms. The van der Waals surface area contributed by atoms with Crippen molar-refractivity contribution < 1.29 is 5.11 Å². The molecule has 0 amide bonds. The van der Waals surface area contributed by atoms with E-state index in [0.717, 1.165) is 12.8 Å². The van der Waals surface area contributed by atoms with Gasteiger partial charge in [0.15, 0.2) is 0 Å². The molecule has 1 unspecified atom stereocenters. The van der Waals surface area contributed by atoms with Gasteiger partial charge in [0.05, 0.1) is 6.10 Å². The van der Waals surface area contributed by atoms with Crippen molar-refractivity contribution >= 4 is 0 Å². The fourth-order valence-electron chi connectivity index (χ4n) is 2.11. The van der Waals surface area contributed by atoms with E-state index in [1.807, 2.05) is 25.2 Å². The molecular weight excluding hydrogens is 174 g/mol. The van der Waals surface area contributed by atoms with E-state index in [1.54, 1.807) is 0 Å². The van der Waals surface area contributed by atoms with Crippen molar-refractivity contribution in [3.05, 3.63) is 35.9 Å². The van der Waals surface area contributed by atoms with Gasteiger partial charge in [0.2, 0.25) is 0 Å². The van der Waals surface area contributed by atoms with Gasteiger partial charge in [-0.15, -0.1) is 0 Å². The van der Waals surface area contributed by atoms with Crippen LogP contribution in [0.25, 0.3) is 0 Å². The summed E-state index contributed by atoms with van der Waals surface area (Å²) in [5.74, 6) is 0. The summed E-state index contributed by atoms with van der Waals surface area (Å²) in [7, 11) is 1.88. The molecule has 0 aliphatic heterocycles. The maximum absolute atomic E-state index is 10.0. The predicted molar refractivity (Wildman–Crippen MR) is 57.3 cm³/mol. The zero-order chi connectivity index (χ0) is 10.0.